The molecule has 6 heteroatoms. The van der Waals surface area contributed by atoms with Crippen molar-refractivity contribution in [1.29, 1.82) is 0 Å². The number of hydrogen-bond acceptors (Lipinski definition) is 4. The van der Waals surface area contributed by atoms with Crippen LogP contribution in [0.15, 0.2) is 18.2 Å². The van der Waals surface area contributed by atoms with Crippen LogP contribution < -0.4 is 5.32 Å². The zero-order valence-corrected chi connectivity index (χ0v) is 13.4. The molecular formula is C16H20N2O3S. The Balaban J connectivity index is 1.81. The molecule has 118 valence electrons. The molecule has 1 fully saturated rings. The van der Waals surface area contributed by atoms with E-state index in [1.807, 2.05) is 0 Å². The second-order valence-electron chi connectivity index (χ2n) is 6.33. The summed E-state index contributed by atoms with van der Waals surface area (Å²) in [6.45, 7) is 1.14. The fourth-order valence-corrected chi connectivity index (χ4v) is 4.31. The minimum absolute atomic E-state index is 0.0830. The Bertz CT molecular complexity index is 825. The van der Waals surface area contributed by atoms with Crippen LogP contribution in [0.3, 0.4) is 0 Å². The molecule has 22 heavy (non-hydrogen) atoms. The van der Waals surface area contributed by atoms with E-state index in [9.17, 15) is 8.42 Å². The number of benzene rings is 1. The molecule has 1 aliphatic heterocycles. The molecule has 1 aromatic carbocycles. The summed E-state index contributed by atoms with van der Waals surface area (Å²) in [5, 5.41) is 4.90. The molecule has 1 aliphatic carbocycles. The first-order valence-electron chi connectivity index (χ1n) is 7.73. The Morgan fingerprint density at radius 3 is 3.05 bits per heavy atom. The average molecular weight is 320 g/mol. The lowest BCUT2D eigenvalue weighted by Crippen LogP contribution is -2.43. The molecule has 1 aromatic heterocycles. The Labute approximate surface area is 130 Å². The quantitative estimate of drug-likeness (QED) is 0.849. The fourth-order valence-electron chi connectivity index (χ4n) is 3.98. The summed E-state index contributed by atoms with van der Waals surface area (Å²) in [4.78, 5) is 3.36. The molecule has 0 saturated carbocycles. The molecule has 2 heterocycles. The molecule has 4 rings (SSSR count). The molecule has 0 spiro atoms. The molecule has 0 amide bonds. The molecule has 5 nitrogen and oxygen atoms in total. The summed E-state index contributed by atoms with van der Waals surface area (Å²) in [7, 11) is -3.44. The van der Waals surface area contributed by atoms with Gasteiger partial charge in [0.15, 0.2) is 0 Å². The van der Waals surface area contributed by atoms with E-state index < -0.39 is 10.1 Å². The van der Waals surface area contributed by atoms with Gasteiger partial charge in [0, 0.05) is 28.6 Å². The molecule has 0 radical (unpaired) electrons. The molecular weight excluding hydrogens is 300 g/mol. The van der Waals surface area contributed by atoms with Crippen molar-refractivity contribution in [3.05, 3.63) is 35.0 Å². The lowest BCUT2D eigenvalue weighted by Gasteiger charge is -2.37. The van der Waals surface area contributed by atoms with Gasteiger partial charge in [-0.15, -0.1) is 0 Å². The maximum Gasteiger partial charge on any atom is 0.264 e. The van der Waals surface area contributed by atoms with Gasteiger partial charge in [0.2, 0.25) is 0 Å². The lowest BCUT2D eigenvalue weighted by atomic mass is 9.75. The number of rotatable bonds is 3. The van der Waals surface area contributed by atoms with Gasteiger partial charge in [0.25, 0.3) is 10.1 Å². The standard InChI is InChI=1S/C16H20N2O3S/c1-22(19,20)21-9-15-12-8-14-10(5-3-7-17-14)11-4-2-6-13(18-15)16(11)12/h2,4,6,10,14,17-18H,3,5,7-9H2,1H3/t10?,14-/m1/s1. The van der Waals surface area contributed by atoms with Crippen molar-refractivity contribution in [2.24, 2.45) is 0 Å². The van der Waals surface area contributed by atoms with Crippen molar-refractivity contribution < 1.29 is 12.6 Å². The molecule has 2 N–H and O–H groups in total. The minimum atomic E-state index is -3.44. The van der Waals surface area contributed by atoms with Gasteiger partial charge in [-0.25, -0.2) is 0 Å². The van der Waals surface area contributed by atoms with Gasteiger partial charge < -0.3 is 10.3 Å². The first-order valence-corrected chi connectivity index (χ1v) is 9.55. The number of piperidine rings is 1. The zero-order chi connectivity index (χ0) is 15.3. The SMILES string of the molecule is CS(=O)(=O)OCc1[nH]c2cccc3c2c1C[C@H]1NCCCC31. The smallest absolute Gasteiger partial charge is 0.264 e. The normalized spacial score (nSPS) is 24.4. The monoisotopic (exact) mass is 320 g/mol. The van der Waals surface area contributed by atoms with E-state index in [0.717, 1.165) is 30.4 Å². The van der Waals surface area contributed by atoms with Crippen molar-refractivity contribution in [3.63, 3.8) is 0 Å². The first-order chi connectivity index (χ1) is 10.5. The number of aromatic amines is 1. The highest BCUT2D eigenvalue weighted by Crippen LogP contribution is 2.42. The highest BCUT2D eigenvalue weighted by molar-refractivity contribution is 7.85. The molecule has 2 aromatic rings. The Morgan fingerprint density at radius 2 is 2.23 bits per heavy atom. The van der Waals surface area contributed by atoms with Crippen molar-refractivity contribution in [2.75, 3.05) is 12.8 Å². The van der Waals surface area contributed by atoms with Crippen molar-refractivity contribution in [1.82, 2.24) is 10.3 Å². The van der Waals surface area contributed by atoms with Crippen LogP contribution in [0.25, 0.3) is 10.9 Å². The number of H-pyrrole nitrogens is 1. The predicted molar refractivity (Wildman–Crippen MR) is 85.4 cm³/mol. The van der Waals surface area contributed by atoms with Crippen molar-refractivity contribution in [3.8, 4) is 0 Å². The minimum Gasteiger partial charge on any atom is -0.356 e. The van der Waals surface area contributed by atoms with E-state index in [4.69, 9.17) is 4.18 Å². The van der Waals surface area contributed by atoms with Crippen LogP contribution in [0.2, 0.25) is 0 Å². The molecule has 1 unspecified atom stereocenters. The number of fused-ring (bicyclic) bond motifs is 2. The summed E-state index contributed by atoms with van der Waals surface area (Å²) in [6, 6.07) is 6.79. The number of nitrogens with one attached hydrogen (secondary N) is 2. The van der Waals surface area contributed by atoms with Gasteiger partial charge in [0.05, 0.1) is 6.26 Å². The highest BCUT2D eigenvalue weighted by atomic mass is 32.2. The average Bonchev–Trinajstić information content (AvgIpc) is 2.84. The summed E-state index contributed by atoms with van der Waals surface area (Å²) in [5.74, 6) is 0.560. The van der Waals surface area contributed by atoms with Crippen molar-refractivity contribution in [2.45, 2.75) is 37.8 Å². The Morgan fingerprint density at radius 1 is 1.36 bits per heavy atom. The van der Waals surface area contributed by atoms with Crippen LogP contribution in [0.5, 0.6) is 0 Å². The van der Waals surface area contributed by atoms with Crippen LogP contribution in [-0.2, 0) is 27.3 Å². The third kappa shape index (κ3) is 2.35. The van der Waals surface area contributed by atoms with E-state index >= 15 is 0 Å². The summed E-state index contributed by atoms with van der Waals surface area (Å²) < 4.78 is 27.6. The largest absolute Gasteiger partial charge is 0.356 e. The second kappa shape index (κ2) is 5.08. The van der Waals surface area contributed by atoms with Crippen LogP contribution >= 0.6 is 0 Å². The number of hydrogen-bond donors (Lipinski definition) is 2. The van der Waals surface area contributed by atoms with Gasteiger partial charge in [-0.05, 0) is 43.0 Å². The maximum absolute atomic E-state index is 11.3. The third-order valence-electron chi connectivity index (χ3n) is 4.87. The highest BCUT2D eigenvalue weighted by Gasteiger charge is 2.34. The summed E-state index contributed by atoms with van der Waals surface area (Å²) in [5.41, 5.74) is 4.57. The van der Waals surface area contributed by atoms with E-state index in [1.54, 1.807) is 0 Å². The van der Waals surface area contributed by atoms with Gasteiger partial charge in [-0.3, -0.25) is 4.18 Å². The third-order valence-corrected chi connectivity index (χ3v) is 5.42. The molecule has 2 atom stereocenters. The van der Waals surface area contributed by atoms with Gasteiger partial charge in [-0.1, -0.05) is 12.1 Å². The van der Waals surface area contributed by atoms with E-state index in [2.05, 4.69) is 28.5 Å². The van der Waals surface area contributed by atoms with Crippen LogP contribution in [-0.4, -0.2) is 32.2 Å². The van der Waals surface area contributed by atoms with E-state index in [1.165, 1.54) is 29.4 Å². The van der Waals surface area contributed by atoms with E-state index in [0.29, 0.717) is 12.0 Å². The summed E-state index contributed by atoms with van der Waals surface area (Å²) in [6.07, 6.45) is 4.45. The van der Waals surface area contributed by atoms with Crippen LogP contribution in [0.4, 0.5) is 0 Å². The lowest BCUT2D eigenvalue weighted by molar-refractivity contribution is 0.303. The van der Waals surface area contributed by atoms with Gasteiger partial charge in [-0.2, -0.15) is 8.42 Å². The summed E-state index contributed by atoms with van der Waals surface area (Å²) >= 11 is 0. The fraction of sp³-hybridized carbons (Fsp3) is 0.500. The zero-order valence-electron chi connectivity index (χ0n) is 12.6. The maximum atomic E-state index is 11.3. The molecule has 1 saturated heterocycles. The van der Waals surface area contributed by atoms with Crippen LogP contribution in [0, 0.1) is 0 Å². The topological polar surface area (TPSA) is 71.2 Å². The van der Waals surface area contributed by atoms with E-state index in [-0.39, 0.29) is 6.61 Å². The molecule has 0 bridgehead atoms. The first kappa shape index (κ1) is 14.2. The van der Waals surface area contributed by atoms with Gasteiger partial charge in [0.1, 0.15) is 6.61 Å². The Kier molecular flexibility index (Phi) is 3.29. The van der Waals surface area contributed by atoms with Crippen LogP contribution in [0.1, 0.15) is 35.6 Å². The number of aromatic nitrogens is 1. The van der Waals surface area contributed by atoms with Gasteiger partial charge >= 0.3 is 0 Å². The Hall–Kier alpha value is -1.37. The second-order valence-corrected chi connectivity index (χ2v) is 7.98. The van der Waals surface area contributed by atoms with Crippen molar-refractivity contribution >= 4 is 21.0 Å². The molecule has 2 aliphatic rings. The predicted octanol–water partition coefficient (Wildman–Crippen LogP) is 2.04.